The minimum atomic E-state index is 0.495. The van der Waals surface area contributed by atoms with Crippen LogP contribution in [-0.4, -0.2) is 0 Å². The third-order valence-electron chi connectivity index (χ3n) is 2.16. The van der Waals surface area contributed by atoms with E-state index >= 15 is 0 Å². The highest BCUT2D eigenvalue weighted by Gasteiger charge is 2.07. The Morgan fingerprint density at radius 1 is 1.06 bits per heavy atom. The van der Waals surface area contributed by atoms with Crippen molar-refractivity contribution in [3.05, 3.63) is 50.9 Å². The molecule has 0 radical (unpaired) electrons. The van der Waals surface area contributed by atoms with Crippen LogP contribution < -0.4 is 11.1 Å². The fourth-order valence-electron chi connectivity index (χ4n) is 1.42. The van der Waals surface area contributed by atoms with Crippen molar-refractivity contribution in [2.24, 2.45) is 0 Å². The molecule has 3 N–H and O–H groups in total. The van der Waals surface area contributed by atoms with Crippen molar-refractivity contribution in [2.75, 3.05) is 11.1 Å². The van der Waals surface area contributed by atoms with Crippen LogP contribution in [0.4, 0.5) is 17.1 Å². The lowest BCUT2D eigenvalue weighted by Gasteiger charge is -2.11. The van der Waals surface area contributed by atoms with Gasteiger partial charge in [-0.1, -0.05) is 45.2 Å². The van der Waals surface area contributed by atoms with E-state index in [0.29, 0.717) is 21.4 Å². The molecule has 0 unspecified atom stereocenters. The Balaban J connectivity index is 2.36. The minimum absolute atomic E-state index is 0.495. The van der Waals surface area contributed by atoms with E-state index in [1.165, 1.54) is 0 Å². The van der Waals surface area contributed by atoms with Gasteiger partial charge in [0, 0.05) is 15.8 Å². The van der Waals surface area contributed by atoms with Gasteiger partial charge in [0.1, 0.15) is 0 Å². The highest BCUT2D eigenvalue weighted by atomic mass is 79.9. The van der Waals surface area contributed by atoms with E-state index < -0.39 is 0 Å². The van der Waals surface area contributed by atoms with Crippen LogP contribution >= 0.6 is 39.1 Å². The Morgan fingerprint density at radius 2 is 1.71 bits per heavy atom. The Hall–Kier alpha value is -0.900. The van der Waals surface area contributed by atoms with Crippen LogP contribution in [0.1, 0.15) is 0 Å². The highest BCUT2D eigenvalue weighted by molar-refractivity contribution is 9.10. The second-order valence-corrected chi connectivity index (χ2v) is 5.22. The molecule has 2 nitrogen and oxygen atoms in total. The molecule has 17 heavy (non-hydrogen) atoms. The van der Waals surface area contributed by atoms with Crippen molar-refractivity contribution in [2.45, 2.75) is 0 Å². The Bertz CT molecular complexity index is 535. The molecule has 0 aliphatic rings. The summed E-state index contributed by atoms with van der Waals surface area (Å²) in [7, 11) is 0. The predicted molar refractivity (Wildman–Crippen MR) is 78.3 cm³/mol. The molecule has 0 saturated heterocycles. The van der Waals surface area contributed by atoms with Gasteiger partial charge >= 0.3 is 0 Å². The van der Waals surface area contributed by atoms with Crippen molar-refractivity contribution in [3.8, 4) is 0 Å². The molecule has 0 aromatic heterocycles. The van der Waals surface area contributed by atoms with Crippen LogP contribution in [0.3, 0.4) is 0 Å². The van der Waals surface area contributed by atoms with Crippen LogP contribution in [0.5, 0.6) is 0 Å². The zero-order valence-corrected chi connectivity index (χ0v) is 11.8. The lowest BCUT2D eigenvalue weighted by Crippen LogP contribution is -1.94. The summed E-state index contributed by atoms with van der Waals surface area (Å²) in [5, 5.41) is 4.15. The van der Waals surface area contributed by atoms with E-state index in [4.69, 9.17) is 28.9 Å². The van der Waals surface area contributed by atoms with Crippen molar-refractivity contribution in [1.29, 1.82) is 0 Å². The third kappa shape index (κ3) is 3.06. The predicted octanol–water partition coefficient (Wildman–Crippen LogP) is 5.08. The van der Waals surface area contributed by atoms with Gasteiger partial charge < -0.3 is 11.1 Å². The maximum absolute atomic E-state index is 6.09. The van der Waals surface area contributed by atoms with Gasteiger partial charge in [0.2, 0.25) is 0 Å². The van der Waals surface area contributed by atoms with Gasteiger partial charge in [-0.2, -0.15) is 0 Å². The summed E-state index contributed by atoms with van der Waals surface area (Å²) in [5.74, 6) is 0. The highest BCUT2D eigenvalue weighted by Crippen LogP contribution is 2.35. The molecule has 0 spiro atoms. The average molecular weight is 332 g/mol. The van der Waals surface area contributed by atoms with Crippen LogP contribution in [0, 0.1) is 0 Å². The standard InChI is InChI=1S/C12H9BrCl2N2/c13-7-2-1-3-9(4-7)17-12-10(14)5-8(16)6-11(12)15/h1-6,17H,16H2. The van der Waals surface area contributed by atoms with Crippen molar-refractivity contribution in [1.82, 2.24) is 0 Å². The monoisotopic (exact) mass is 330 g/mol. The summed E-state index contributed by atoms with van der Waals surface area (Å²) in [6, 6.07) is 11.0. The van der Waals surface area contributed by atoms with E-state index in [0.717, 1.165) is 10.2 Å². The number of hydrogen-bond acceptors (Lipinski definition) is 2. The average Bonchev–Trinajstić information content (AvgIpc) is 2.23. The molecule has 0 amide bonds. The van der Waals surface area contributed by atoms with Gasteiger partial charge in [-0.05, 0) is 30.3 Å². The molecule has 0 bridgehead atoms. The molecule has 88 valence electrons. The van der Waals surface area contributed by atoms with Crippen molar-refractivity contribution >= 4 is 56.2 Å². The van der Waals surface area contributed by atoms with Gasteiger partial charge in [0.15, 0.2) is 0 Å². The molecule has 2 aromatic carbocycles. The van der Waals surface area contributed by atoms with Crippen LogP contribution in [-0.2, 0) is 0 Å². The van der Waals surface area contributed by atoms with Crippen LogP contribution in [0.25, 0.3) is 0 Å². The minimum Gasteiger partial charge on any atom is -0.399 e. The Kier molecular flexibility index (Phi) is 3.82. The zero-order valence-electron chi connectivity index (χ0n) is 8.68. The zero-order chi connectivity index (χ0) is 12.4. The van der Waals surface area contributed by atoms with Gasteiger partial charge in [0.05, 0.1) is 15.7 Å². The van der Waals surface area contributed by atoms with Crippen molar-refractivity contribution in [3.63, 3.8) is 0 Å². The number of nitrogen functional groups attached to an aromatic ring is 1. The first-order valence-electron chi connectivity index (χ1n) is 4.83. The molecule has 0 fully saturated rings. The topological polar surface area (TPSA) is 38.0 Å². The second-order valence-electron chi connectivity index (χ2n) is 3.49. The molecule has 0 heterocycles. The summed E-state index contributed by atoms with van der Waals surface area (Å²) >= 11 is 15.6. The normalized spacial score (nSPS) is 10.3. The largest absolute Gasteiger partial charge is 0.399 e. The number of nitrogens with one attached hydrogen (secondary N) is 1. The Labute approximate surface area is 118 Å². The number of benzene rings is 2. The van der Waals surface area contributed by atoms with E-state index in [1.807, 2.05) is 24.3 Å². The first kappa shape index (κ1) is 12.6. The molecule has 0 atom stereocenters. The fraction of sp³-hybridized carbons (Fsp3) is 0. The summed E-state index contributed by atoms with van der Waals surface area (Å²) in [6.07, 6.45) is 0. The van der Waals surface area contributed by atoms with E-state index in [1.54, 1.807) is 12.1 Å². The molecule has 0 aliphatic heterocycles. The molecular weight excluding hydrogens is 323 g/mol. The smallest absolute Gasteiger partial charge is 0.0764 e. The van der Waals surface area contributed by atoms with Gasteiger partial charge in [-0.25, -0.2) is 0 Å². The van der Waals surface area contributed by atoms with E-state index in [-0.39, 0.29) is 0 Å². The molecule has 5 heteroatoms. The van der Waals surface area contributed by atoms with Crippen LogP contribution in [0.15, 0.2) is 40.9 Å². The van der Waals surface area contributed by atoms with Gasteiger partial charge in [-0.3, -0.25) is 0 Å². The summed E-state index contributed by atoms with van der Waals surface area (Å²) in [5.41, 5.74) is 7.73. The molecule has 2 rings (SSSR count). The SMILES string of the molecule is Nc1cc(Cl)c(Nc2cccc(Br)c2)c(Cl)c1. The number of rotatable bonds is 2. The maximum atomic E-state index is 6.09. The third-order valence-corrected chi connectivity index (χ3v) is 3.25. The molecule has 0 saturated carbocycles. The summed E-state index contributed by atoms with van der Waals surface area (Å²) in [6.45, 7) is 0. The number of hydrogen-bond donors (Lipinski definition) is 2. The second kappa shape index (κ2) is 5.17. The van der Waals surface area contributed by atoms with Gasteiger partial charge in [-0.15, -0.1) is 0 Å². The Morgan fingerprint density at radius 3 is 2.29 bits per heavy atom. The van der Waals surface area contributed by atoms with Gasteiger partial charge in [0.25, 0.3) is 0 Å². The van der Waals surface area contributed by atoms with Crippen LogP contribution in [0.2, 0.25) is 10.0 Å². The number of nitrogens with two attached hydrogens (primary N) is 1. The first-order valence-corrected chi connectivity index (χ1v) is 6.38. The van der Waals surface area contributed by atoms with E-state index in [2.05, 4.69) is 21.2 Å². The maximum Gasteiger partial charge on any atom is 0.0764 e. The lowest BCUT2D eigenvalue weighted by molar-refractivity contribution is 1.53. The number of anilines is 3. The summed E-state index contributed by atoms with van der Waals surface area (Å²) < 4.78 is 0.977. The molecule has 0 aliphatic carbocycles. The van der Waals surface area contributed by atoms with E-state index in [9.17, 15) is 0 Å². The first-order chi connectivity index (χ1) is 8.06. The lowest BCUT2D eigenvalue weighted by atomic mass is 10.2. The summed E-state index contributed by atoms with van der Waals surface area (Å²) in [4.78, 5) is 0. The quantitative estimate of drug-likeness (QED) is 0.753. The molecular formula is C12H9BrCl2N2. The molecule has 2 aromatic rings. The number of halogens is 3. The fourth-order valence-corrected chi connectivity index (χ4v) is 2.42. The van der Waals surface area contributed by atoms with Crippen molar-refractivity contribution < 1.29 is 0 Å².